The van der Waals surface area contributed by atoms with Crippen molar-refractivity contribution in [3.63, 3.8) is 0 Å². The maximum absolute atomic E-state index is 12.9. The third kappa shape index (κ3) is 4.14. The van der Waals surface area contributed by atoms with Crippen molar-refractivity contribution in [3.8, 4) is 6.07 Å². The van der Waals surface area contributed by atoms with Crippen LogP contribution in [0.25, 0.3) is 10.8 Å². The van der Waals surface area contributed by atoms with Crippen LogP contribution >= 0.6 is 0 Å². The fourth-order valence-corrected chi connectivity index (χ4v) is 2.92. The van der Waals surface area contributed by atoms with Crippen LogP contribution < -0.4 is 16.0 Å². The second kappa shape index (κ2) is 8.19. The van der Waals surface area contributed by atoms with Crippen LogP contribution in [-0.4, -0.2) is 48.2 Å². The van der Waals surface area contributed by atoms with E-state index in [1.165, 1.54) is 6.07 Å². The van der Waals surface area contributed by atoms with E-state index in [0.29, 0.717) is 16.6 Å². The van der Waals surface area contributed by atoms with E-state index in [-0.39, 0.29) is 17.6 Å². The lowest BCUT2D eigenvalue weighted by Crippen LogP contribution is -2.38. The Hall–Kier alpha value is -2.60. The minimum atomic E-state index is -2.89. The fraction of sp³-hybridized carbons (Fsp3) is 0.471. The molecule has 2 atom stereocenters. The Kier molecular flexibility index (Phi) is 5.73. The van der Waals surface area contributed by atoms with Crippen LogP contribution in [0, 0.1) is 11.3 Å². The number of pyridine rings is 2. The molecule has 2 aromatic rings. The summed E-state index contributed by atoms with van der Waals surface area (Å²) in [6, 6.07) is 3.61. The normalized spacial score (nSPS) is 18.5. The van der Waals surface area contributed by atoms with Crippen LogP contribution in [0.4, 0.5) is 24.8 Å². The molecule has 0 amide bonds. The van der Waals surface area contributed by atoms with E-state index in [9.17, 15) is 13.2 Å². The Labute approximate surface area is 148 Å². The van der Waals surface area contributed by atoms with Crippen LogP contribution in [0.2, 0.25) is 0 Å². The largest absolute Gasteiger partial charge is 0.366 e. The molecule has 0 spiro atoms. The zero-order chi connectivity index (χ0) is 18.5. The summed E-state index contributed by atoms with van der Waals surface area (Å²) in [6.07, 6.45) is 0.709. The van der Waals surface area contributed by atoms with Crippen molar-refractivity contribution in [2.75, 3.05) is 30.4 Å². The molecule has 0 radical (unpaired) electrons. The Morgan fingerprint density at radius 3 is 2.88 bits per heavy atom. The standard InChI is InChI=1S/C17H19F3N6/c18-6-14(16(19)20)26-17-13-5-15(24-11-2-1-3-22-9-11)23-8-10(13)4-12(7-21)25-17/h4-5,8,11,14,16,22H,1-3,6,9H2,(H,23,24)(H,25,26). The summed E-state index contributed by atoms with van der Waals surface area (Å²) in [5.41, 5.74) is 0.0471. The molecule has 0 aromatic carbocycles. The van der Waals surface area contributed by atoms with Gasteiger partial charge in [0.1, 0.15) is 36.1 Å². The van der Waals surface area contributed by atoms with E-state index in [1.54, 1.807) is 12.3 Å². The average Bonchev–Trinajstić information content (AvgIpc) is 2.66. The number of nitrogens with zero attached hydrogens (tertiary/aromatic N) is 3. The summed E-state index contributed by atoms with van der Waals surface area (Å²) in [5, 5.41) is 19.2. The minimum absolute atomic E-state index is 0.0471. The SMILES string of the molecule is N#Cc1cc2cnc(NC3CCCNC3)cc2c(NC(CF)C(F)F)n1. The van der Waals surface area contributed by atoms with Crippen molar-refractivity contribution in [1.29, 1.82) is 5.26 Å². The second-order valence-corrected chi connectivity index (χ2v) is 6.19. The predicted octanol–water partition coefficient (Wildman–Crippen LogP) is 2.68. The van der Waals surface area contributed by atoms with Gasteiger partial charge in [-0.25, -0.2) is 23.1 Å². The van der Waals surface area contributed by atoms with Gasteiger partial charge in [0.25, 0.3) is 6.43 Å². The maximum atomic E-state index is 12.9. The highest BCUT2D eigenvalue weighted by atomic mass is 19.3. The summed E-state index contributed by atoms with van der Waals surface area (Å²) in [6.45, 7) is 0.545. The smallest absolute Gasteiger partial charge is 0.260 e. The quantitative estimate of drug-likeness (QED) is 0.731. The van der Waals surface area contributed by atoms with E-state index < -0.39 is 19.1 Å². The maximum Gasteiger partial charge on any atom is 0.260 e. The van der Waals surface area contributed by atoms with Gasteiger partial charge in [-0.1, -0.05) is 0 Å². The monoisotopic (exact) mass is 364 g/mol. The third-order valence-electron chi connectivity index (χ3n) is 4.27. The lowest BCUT2D eigenvalue weighted by molar-refractivity contribution is 0.112. The molecule has 1 aliphatic rings. The fourth-order valence-electron chi connectivity index (χ4n) is 2.92. The number of halogens is 3. The van der Waals surface area contributed by atoms with Gasteiger partial charge in [0.05, 0.1) is 0 Å². The Balaban J connectivity index is 1.94. The third-order valence-corrected chi connectivity index (χ3v) is 4.27. The van der Waals surface area contributed by atoms with Gasteiger partial charge in [-0.15, -0.1) is 0 Å². The lowest BCUT2D eigenvalue weighted by Gasteiger charge is -2.24. The van der Waals surface area contributed by atoms with Crippen LogP contribution in [0.3, 0.4) is 0 Å². The van der Waals surface area contributed by atoms with Crippen molar-refractivity contribution in [2.24, 2.45) is 0 Å². The molecule has 1 fully saturated rings. The Morgan fingerprint density at radius 1 is 1.38 bits per heavy atom. The predicted molar refractivity (Wildman–Crippen MR) is 93.2 cm³/mol. The van der Waals surface area contributed by atoms with Crippen molar-refractivity contribution in [2.45, 2.75) is 31.4 Å². The number of aromatic nitrogens is 2. The number of piperidine rings is 1. The summed E-state index contributed by atoms with van der Waals surface area (Å²) in [5.74, 6) is 0.629. The molecule has 9 heteroatoms. The van der Waals surface area contributed by atoms with Crippen LogP contribution in [0.15, 0.2) is 18.3 Å². The number of nitriles is 1. The summed E-state index contributed by atoms with van der Waals surface area (Å²) >= 11 is 0. The molecule has 3 N–H and O–H groups in total. The molecule has 0 aliphatic carbocycles. The number of rotatable bonds is 6. The first-order valence-corrected chi connectivity index (χ1v) is 8.39. The number of hydrogen-bond acceptors (Lipinski definition) is 6. The van der Waals surface area contributed by atoms with Gasteiger partial charge in [0, 0.05) is 29.6 Å². The highest BCUT2D eigenvalue weighted by Crippen LogP contribution is 2.26. The van der Waals surface area contributed by atoms with Gasteiger partial charge in [0.2, 0.25) is 0 Å². The molecule has 2 aromatic heterocycles. The highest BCUT2D eigenvalue weighted by Gasteiger charge is 2.22. The average molecular weight is 364 g/mol. The molecule has 2 unspecified atom stereocenters. The van der Waals surface area contributed by atoms with Crippen molar-refractivity contribution >= 4 is 22.4 Å². The van der Waals surface area contributed by atoms with Gasteiger partial charge < -0.3 is 16.0 Å². The van der Waals surface area contributed by atoms with E-state index in [1.807, 2.05) is 6.07 Å². The van der Waals surface area contributed by atoms with E-state index in [2.05, 4.69) is 25.9 Å². The molecule has 1 saturated heterocycles. The zero-order valence-corrected chi connectivity index (χ0v) is 14.0. The number of nitrogens with one attached hydrogen (secondary N) is 3. The molecular formula is C17H19F3N6. The minimum Gasteiger partial charge on any atom is -0.366 e. The van der Waals surface area contributed by atoms with Crippen molar-refractivity contribution in [3.05, 3.63) is 24.0 Å². The van der Waals surface area contributed by atoms with Crippen molar-refractivity contribution in [1.82, 2.24) is 15.3 Å². The van der Waals surface area contributed by atoms with Gasteiger partial charge in [-0.2, -0.15) is 5.26 Å². The Bertz CT molecular complexity index is 801. The second-order valence-electron chi connectivity index (χ2n) is 6.19. The molecule has 6 nitrogen and oxygen atoms in total. The van der Waals surface area contributed by atoms with Crippen LogP contribution in [0.1, 0.15) is 18.5 Å². The van der Waals surface area contributed by atoms with E-state index in [0.717, 1.165) is 25.9 Å². The summed E-state index contributed by atoms with van der Waals surface area (Å²) in [7, 11) is 0. The number of fused-ring (bicyclic) bond motifs is 1. The molecule has 3 heterocycles. The highest BCUT2D eigenvalue weighted by molar-refractivity contribution is 5.93. The van der Waals surface area contributed by atoms with Crippen LogP contribution in [0.5, 0.6) is 0 Å². The van der Waals surface area contributed by atoms with E-state index in [4.69, 9.17) is 5.26 Å². The number of anilines is 2. The first kappa shape index (κ1) is 18.2. The first-order chi connectivity index (χ1) is 12.6. The topological polar surface area (TPSA) is 85.7 Å². The summed E-state index contributed by atoms with van der Waals surface area (Å²) < 4.78 is 38.8. The van der Waals surface area contributed by atoms with Crippen LogP contribution in [-0.2, 0) is 0 Å². The molecule has 138 valence electrons. The Morgan fingerprint density at radius 2 is 2.23 bits per heavy atom. The molecule has 1 aliphatic heterocycles. The lowest BCUT2D eigenvalue weighted by atomic mass is 10.1. The van der Waals surface area contributed by atoms with Crippen molar-refractivity contribution < 1.29 is 13.2 Å². The van der Waals surface area contributed by atoms with Gasteiger partial charge in [0.15, 0.2) is 0 Å². The molecule has 26 heavy (non-hydrogen) atoms. The van der Waals surface area contributed by atoms with Gasteiger partial charge >= 0.3 is 0 Å². The molecule has 0 bridgehead atoms. The molecular weight excluding hydrogens is 345 g/mol. The number of alkyl halides is 3. The first-order valence-electron chi connectivity index (χ1n) is 8.39. The molecule has 3 rings (SSSR count). The molecule has 0 saturated carbocycles. The van der Waals surface area contributed by atoms with Gasteiger partial charge in [-0.05, 0) is 31.5 Å². The van der Waals surface area contributed by atoms with Gasteiger partial charge in [-0.3, -0.25) is 0 Å². The van der Waals surface area contributed by atoms with E-state index >= 15 is 0 Å². The number of hydrogen-bond donors (Lipinski definition) is 3. The zero-order valence-electron chi connectivity index (χ0n) is 14.0. The summed E-state index contributed by atoms with van der Waals surface area (Å²) in [4.78, 5) is 8.36.